The molecule has 0 saturated heterocycles. The maximum Gasteiger partial charge on any atom is 0.204 e. The molecule has 0 unspecified atom stereocenters. The van der Waals surface area contributed by atoms with E-state index in [-0.39, 0.29) is 5.78 Å². The third kappa shape index (κ3) is 3.71. The number of aromatic nitrogens is 1. The summed E-state index contributed by atoms with van der Waals surface area (Å²) in [6.45, 7) is 3.35. The quantitative estimate of drug-likeness (QED) is 0.523. The van der Waals surface area contributed by atoms with Gasteiger partial charge in [-0.3, -0.25) is 10.2 Å². The number of hydrogen-bond acceptors (Lipinski definition) is 5. The van der Waals surface area contributed by atoms with Gasteiger partial charge in [-0.1, -0.05) is 39.4 Å². The van der Waals surface area contributed by atoms with E-state index in [9.17, 15) is 4.79 Å². The molecule has 98 valence electrons. The molecule has 1 heterocycles. The van der Waals surface area contributed by atoms with Crippen LogP contribution < -0.4 is 5.43 Å². The lowest BCUT2D eigenvalue weighted by molar-refractivity contribution is 0.102. The van der Waals surface area contributed by atoms with E-state index in [1.165, 1.54) is 18.3 Å². The number of carbonyl (C=O) groups excluding carboxylic acids is 1. The lowest BCUT2D eigenvalue weighted by atomic mass is 10.2. The summed E-state index contributed by atoms with van der Waals surface area (Å²) in [5.74, 6) is 0.0269. The van der Waals surface area contributed by atoms with Gasteiger partial charge in [-0.25, -0.2) is 4.98 Å². The van der Waals surface area contributed by atoms with Crippen LogP contribution in [0.15, 0.2) is 33.8 Å². The highest BCUT2D eigenvalue weighted by Crippen LogP contribution is 2.22. The van der Waals surface area contributed by atoms with Crippen LogP contribution in [0.4, 0.5) is 5.13 Å². The van der Waals surface area contributed by atoms with Crippen LogP contribution in [0.1, 0.15) is 27.9 Å². The standard InChI is InChI=1S/C13H12BrN3OS/c1-8-12(9(2)18)19-13(16-8)17-15-7-10-4-3-5-11(14)6-10/h3-7H,1-2H3,(H,16,17). The summed E-state index contributed by atoms with van der Waals surface area (Å²) in [5.41, 5.74) is 4.55. The summed E-state index contributed by atoms with van der Waals surface area (Å²) in [5, 5.41) is 4.73. The molecule has 0 saturated carbocycles. The van der Waals surface area contributed by atoms with Gasteiger partial charge in [-0.2, -0.15) is 5.10 Å². The number of halogens is 1. The molecule has 0 fully saturated rings. The van der Waals surface area contributed by atoms with E-state index < -0.39 is 0 Å². The number of carbonyl (C=O) groups is 1. The molecule has 1 N–H and O–H groups in total. The third-order valence-electron chi connectivity index (χ3n) is 2.34. The van der Waals surface area contributed by atoms with E-state index >= 15 is 0 Å². The van der Waals surface area contributed by atoms with Crippen molar-refractivity contribution in [3.05, 3.63) is 44.9 Å². The molecule has 2 aromatic rings. The number of hydrogen-bond donors (Lipinski definition) is 1. The van der Waals surface area contributed by atoms with Crippen molar-refractivity contribution in [3.63, 3.8) is 0 Å². The fourth-order valence-corrected chi connectivity index (χ4v) is 2.75. The topological polar surface area (TPSA) is 54.4 Å². The lowest BCUT2D eigenvalue weighted by Crippen LogP contribution is -1.90. The van der Waals surface area contributed by atoms with E-state index in [1.807, 2.05) is 31.2 Å². The third-order valence-corrected chi connectivity index (χ3v) is 4.00. The summed E-state index contributed by atoms with van der Waals surface area (Å²) < 4.78 is 1.00. The van der Waals surface area contributed by atoms with Crippen molar-refractivity contribution in [2.24, 2.45) is 5.10 Å². The van der Waals surface area contributed by atoms with Crippen LogP contribution in [0, 0.1) is 6.92 Å². The molecule has 6 heteroatoms. The molecule has 0 aliphatic rings. The Balaban J connectivity index is 2.06. The van der Waals surface area contributed by atoms with Crippen molar-refractivity contribution in [2.45, 2.75) is 13.8 Å². The summed E-state index contributed by atoms with van der Waals surface area (Å²) >= 11 is 4.71. The number of nitrogens with zero attached hydrogens (tertiary/aromatic N) is 2. The van der Waals surface area contributed by atoms with Crippen LogP contribution >= 0.6 is 27.3 Å². The van der Waals surface area contributed by atoms with Gasteiger partial charge >= 0.3 is 0 Å². The van der Waals surface area contributed by atoms with Crippen LogP contribution in [0.25, 0.3) is 0 Å². The van der Waals surface area contributed by atoms with Gasteiger partial charge in [0.15, 0.2) is 5.78 Å². The van der Waals surface area contributed by atoms with Gasteiger partial charge in [0.25, 0.3) is 0 Å². The number of Topliss-reactive ketones (excluding diaryl/α,β-unsaturated/α-hetero) is 1. The van der Waals surface area contributed by atoms with Crippen LogP contribution in [0.3, 0.4) is 0 Å². The van der Waals surface area contributed by atoms with Crippen LogP contribution in [0.2, 0.25) is 0 Å². The maximum absolute atomic E-state index is 11.3. The van der Waals surface area contributed by atoms with Crippen molar-refractivity contribution >= 4 is 44.4 Å². The number of thiazole rings is 1. The highest BCUT2D eigenvalue weighted by atomic mass is 79.9. The van der Waals surface area contributed by atoms with Crippen LogP contribution in [0.5, 0.6) is 0 Å². The Labute approximate surface area is 123 Å². The molecular weight excluding hydrogens is 326 g/mol. The molecule has 0 spiro atoms. The molecular formula is C13H12BrN3OS. The number of hydrazone groups is 1. The van der Waals surface area contributed by atoms with E-state index in [1.54, 1.807) is 6.21 Å². The minimum atomic E-state index is 0.0269. The Morgan fingerprint density at radius 1 is 1.53 bits per heavy atom. The fraction of sp³-hybridized carbons (Fsp3) is 0.154. The van der Waals surface area contributed by atoms with E-state index in [4.69, 9.17) is 0 Å². The lowest BCUT2D eigenvalue weighted by Gasteiger charge is -1.95. The first-order valence-electron chi connectivity index (χ1n) is 5.59. The predicted molar refractivity (Wildman–Crippen MR) is 82.2 cm³/mol. The SMILES string of the molecule is CC(=O)c1sc(NN=Cc2cccc(Br)c2)nc1C. The molecule has 0 radical (unpaired) electrons. The number of aryl methyl sites for hydroxylation is 1. The molecule has 0 atom stereocenters. The van der Waals surface area contributed by atoms with Crippen LogP contribution in [-0.2, 0) is 0 Å². The number of nitrogens with one attached hydrogen (secondary N) is 1. The van der Waals surface area contributed by atoms with Gasteiger partial charge in [0.2, 0.25) is 5.13 Å². The maximum atomic E-state index is 11.3. The normalized spacial score (nSPS) is 10.9. The first-order valence-corrected chi connectivity index (χ1v) is 7.20. The number of anilines is 1. The molecule has 0 aliphatic heterocycles. The largest absolute Gasteiger partial charge is 0.294 e. The van der Waals surface area contributed by atoms with Gasteiger partial charge in [0.05, 0.1) is 16.8 Å². The van der Waals surface area contributed by atoms with Crippen molar-refractivity contribution in [1.29, 1.82) is 0 Å². The first kappa shape index (κ1) is 13.9. The Kier molecular flexibility index (Phi) is 4.44. The highest BCUT2D eigenvalue weighted by Gasteiger charge is 2.10. The van der Waals surface area contributed by atoms with Crippen molar-refractivity contribution in [1.82, 2.24) is 4.98 Å². The average molecular weight is 338 g/mol. The molecule has 0 amide bonds. The van der Waals surface area contributed by atoms with Gasteiger partial charge in [-0.05, 0) is 24.6 Å². The van der Waals surface area contributed by atoms with E-state index in [0.717, 1.165) is 15.7 Å². The van der Waals surface area contributed by atoms with Gasteiger partial charge < -0.3 is 0 Å². The zero-order valence-electron chi connectivity index (χ0n) is 10.5. The molecule has 1 aromatic carbocycles. The minimum absolute atomic E-state index is 0.0269. The zero-order chi connectivity index (χ0) is 13.8. The highest BCUT2D eigenvalue weighted by molar-refractivity contribution is 9.10. The summed E-state index contributed by atoms with van der Waals surface area (Å²) in [6, 6.07) is 7.80. The number of rotatable bonds is 4. The molecule has 4 nitrogen and oxygen atoms in total. The van der Waals surface area contributed by atoms with Crippen molar-refractivity contribution in [2.75, 3.05) is 5.43 Å². The Bertz CT molecular complexity index is 637. The van der Waals surface area contributed by atoms with Gasteiger partial charge in [0, 0.05) is 11.4 Å². The van der Waals surface area contributed by atoms with Gasteiger partial charge in [-0.15, -0.1) is 0 Å². The Morgan fingerprint density at radius 2 is 2.32 bits per heavy atom. The summed E-state index contributed by atoms with van der Waals surface area (Å²) in [4.78, 5) is 16.2. The Hall–Kier alpha value is -1.53. The fourth-order valence-electron chi connectivity index (χ4n) is 1.52. The first-order chi connectivity index (χ1) is 9.06. The zero-order valence-corrected chi connectivity index (χ0v) is 12.9. The summed E-state index contributed by atoms with van der Waals surface area (Å²) in [7, 11) is 0. The molecule has 1 aromatic heterocycles. The van der Waals surface area contributed by atoms with Crippen LogP contribution in [-0.4, -0.2) is 17.0 Å². The predicted octanol–water partition coefficient (Wildman–Crippen LogP) is 3.86. The molecule has 19 heavy (non-hydrogen) atoms. The van der Waals surface area contributed by atoms with Crippen molar-refractivity contribution in [3.8, 4) is 0 Å². The minimum Gasteiger partial charge on any atom is -0.294 e. The molecule has 0 aliphatic carbocycles. The van der Waals surface area contributed by atoms with E-state index in [0.29, 0.717) is 10.0 Å². The van der Waals surface area contributed by atoms with E-state index in [2.05, 4.69) is 31.4 Å². The van der Waals surface area contributed by atoms with Gasteiger partial charge in [0.1, 0.15) is 0 Å². The second-order valence-corrected chi connectivity index (χ2v) is 5.83. The second-order valence-electron chi connectivity index (χ2n) is 3.91. The average Bonchev–Trinajstić information content (AvgIpc) is 2.71. The Morgan fingerprint density at radius 3 is 2.95 bits per heavy atom. The molecule has 2 rings (SSSR count). The number of ketones is 1. The smallest absolute Gasteiger partial charge is 0.204 e. The molecule has 0 bridgehead atoms. The monoisotopic (exact) mass is 337 g/mol. The number of benzene rings is 1. The van der Waals surface area contributed by atoms with Crippen molar-refractivity contribution < 1.29 is 4.79 Å². The summed E-state index contributed by atoms with van der Waals surface area (Å²) in [6.07, 6.45) is 1.70. The second kappa shape index (κ2) is 6.08.